The van der Waals surface area contributed by atoms with Gasteiger partial charge in [-0.25, -0.2) is 18.2 Å². The molecule has 7 nitrogen and oxygen atoms in total. The fraction of sp³-hybridized carbons (Fsp3) is 0.250. The smallest absolute Gasteiger partial charge is 0.335 e. The highest BCUT2D eigenvalue weighted by atomic mass is 32.2. The maximum Gasteiger partial charge on any atom is 0.335 e. The Balaban J connectivity index is 2.00. The quantitative estimate of drug-likeness (QED) is 0.900. The predicted molar refractivity (Wildman–Crippen MR) is 85.1 cm³/mol. The molecule has 0 amide bonds. The number of aromatic nitrogens is 1. The molecule has 1 fully saturated rings. The molecule has 0 saturated carbocycles. The highest BCUT2D eigenvalue weighted by Crippen LogP contribution is 2.29. The number of carbonyl (C=O) groups is 1. The van der Waals surface area contributed by atoms with E-state index >= 15 is 0 Å². The second kappa shape index (κ2) is 6.68. The van der Waals surface area contributed by atoms with Gasteiger partial charge < -0.3 is 9.84 Å². The van der Waals surface area contributed by atoms with Gasteiger partial charge in [-0.05, 0) is 17.7 Å². The van der Waals surface area contributed by atoms with Crippen LogP contribution in [0.2, 0.25) is 0 Å². The molecule has 1 saturated heterocycles. The number of benzene rings is 1. The van der Waals surface area contributed by atoms with E-state index in [4.69, 9.17) is 9.84 Å². The topological polar surface area (TPSA) is 96.8 Å². The van der Waals surface area contributed by atoms with Crippen LogP contribution in [0.25, 0.3) is 0 Å². The zero-order valence-corrected chi connectivity index (χ0v) is 13.5. The van der Waals surface area contributed by atoms with Gasteiger partial charge in [0.15, 0.2) is 5.03 Å². The number of carboxylic acids is 1. The molecule has 3 rings (SSSR count). The Hall–Kier alpha value is -2.29. The summed E-state index contributed by atoms with van der Waals surface area (Å²) >= 11 is 0. The largest absolute Gasteiger partial charge is 0.478 e. The third-order valence-electron chi connectivity index (χ3n) is 3.82. The lowest BCUT2D eigenvalue weighted by molar-refractivity contribution is 0.0319. The van der Waals surface area contributed by atoms with Crippen LogP contribution in [0.5, 0.6) is 0 Å². The first-order valence-corrected chi connectivity index (χ1v) is 8.78. The number of ether oxygens (including phenoxy) is 1. The number of sulfonamides is 1. The summed E-state index contributed by atoms with van der Waals surface area (Å²) in [5, 5.41) is 8.79. The van der Waals surface area contributed by atoms with Crippen LogP contribution in [0.1, 0.15) is 22.0 Å². The summed E-state index contributed by atoms with van der Waals surface area (Å²) in [5.74, 6) is -1.20. The van der Waals surface area contributed by atoms with Crippen molar-refractivity contribution in [3.8, 4) is 0 Å². The molecule has 2 heterocycles. The van der Waals surface area contributed by atoms with E-state index in [9.17, 15) is 13.2 Å². The van der Waals surface area contributed by atoms with E-state index in [1.165, 1.54) is 16.6 Å². The Morgan fingerprint density at radius 2 is 2.00 bits per heavy atom. The van der Waals surface area contributed by atoms with Crippen molar-refractivity contribution in [1.82, 2.24) is 9.29 Å². The predicted octanol–water partition coefficient (Wildman–Crippen LogP) is 1.54. The summed E-state index contributed by atoms with van der Waals surface area (Å²) in [6, 6.07) is 11.1. The average Bonchev–Trinajstić information content (AvgIpc) is 2.62. The summed E-state index contributed by atoms with van der Waals surface area (Å²) in [6.45, 7) is 0.698. The van der Waals surface area contributed by atoms with Crippen LogP contribution in [-0.2, 0) is 14.8 Å². The first kappa shape index (κ1) is 16.6. The first-order valence-electron chi connectivity index (χ1n) is 7.34. The van der Waals surface area contributed by atoms with E-state index in [0.29, 0.717) is 0 Å². The molecule has 1 aromatic carbocycles. The Bertz CT molecular complexity index is 839. The summed E-state index contributed by atoms with van der Waals surface area (Å²) in [7, 11) is -3.94. The molecule has 0 bridgehead atoms. The van der Waals surface area contributed by atoms with Gasteiger partial charge in [-0.3, -0.25) is 0 Å². The summed E-state index contributed by atoms with van der Waals surface area (Å²) in [5.41, 5.74) is 0.697. The molecule has 24 heavy (non-hydrogen) atoms. The average molecular weight is 348 g/mol. The molecule has 8 heteroatoms. The van der Waals surface area contributed by atoms with Crippen LogP contribution in [0, 0.1) is 0 Å². The van der Waals surface area contributed by atoms with Crippen LogP contribution >= 0.6 is 0 Å². The SMILES string of the molecule is O=C(O)c1ccnc(S(=O)(=O)N2CCOCC2c2ccccc2)c1. The van der Waals surface area contributed by atoms with Crippen LogP contribution in [-0.4, -0.2) is 48.5 Å². The minimum Gasteiger partial charge on any atom is -0.478 e. The second-order valence-electron chi connectivity index (χ2n) is 5.31. The van der Waals surface area contributed by atoms with Crippen molar-refractivity contribution in [2.24, 2.45) is 0 Å². The maximum absolute atomic E-state index is 13.0. The number of carboxylic acid groups (broad SMARTS) is 1. The van der Waals surface area contributed by atoms with Crippen molar-refractivity contribution in [1.29, 1.82) is 0 Å². The van der Waals surface area contributed by atoms with E-state index in [-0.39, 0.29) is 30.3 Å². The molecule has 2 aromatic rings. The number of hydrogen-bond acceptors (Lipinski definition) is 5. The third-order valence-corrected chi connectivity index (χ3v) is 5.62. The van der Waals surface area contributed by atoms with Gasteiger partial charge in [0.2, 0.25) is 0 Å². The molecule has 0 spiro atoms. The van der Waals surface area contributed by atoms with Crippen molar-refractivity contribution in [3.05, 3.63) is 59.8 Å². The van der Waals surface area contributed by atoms with E-state index in [0.717, 1.165) is 11.6 Å². The fourth-order valence-corrected chi connectivity index (χ4v) is 4.16. The molecular formula is C16H16N2O5S. The first-order chi connectivity index (χ1) is 11.5. The van der Waals surface area contributed by atoms with Gasteiger partial charge in [0.1, 0.15) is 0 Å². The highest BCUT2D eigenvalue weighted by Gasteiger charge is 2.36. The molecule has 0 radical (unpaired) electrons. The van der Waals surface area contributed by atoms with Crippen molar-refractivity contribution in [2.45, 2.75) is 11.1 Å². The van der Waals surface area contributed by atoms with Crippen LogP contribution < -0.4 is 0 Å². The molecule has 1 aliphatic rings. The molecule has 0 aliphatic carbocycles. The highest BCUT2D eigenvalue weighted by molar-refractivity contribution is 7.89. The van der Waals surface area contributed by atoms with E-state index in [2.05, 4.69) is 4.98 Å². The van der Waals surface area contributed by atoms with Crippen LogP contribution in [0.3, 0.4) is 0 Å². The van der Waals surface area contributed by atoms with Crippen molar-refractivity contribution in [3.63, 3.8) is 0 Å². The maximum atomic E-state index is 13.0. The van der Waals surface area contributed by atoms with Gasteiger partial charge in [0.05, 0.1) is 24.8 Å². The molecule has 1 aliphatic heterocycles. The number of rotatable bonds is 4. The van der Waals surface area contributed by atoms with Crippen LogP contribution in [0.15, 0.2) is 53.7 Å². The minimum atomic E-state index is -3.94. The van der Waals surface area contributed by atoms with Gasteiger partial charge in [-0.2, -0.15) is 4.31 Å². The molecular weight excluding hydrogens is 332 g/mol. The van der Waals surface area contributed by atoms with E-state index in [1.807, 2.05) is 30.3 Å². The lowest BCUT2D eigenvalue weighted by atomic mass is 10.1. The molecule has 1 atom stereocenters. The number of nitrogens with zero attached hydrogens (tertiary/aromatic N) is 2. The van der Waals surface area contributed by atoms with Gasteiger partial charge in [0.25, 0.3) is 10.0 Å². The summed E-state index contributed by atoms with van der Waals surface area (Å²) in [4.78, 5) is 14.9. The van der Waals surface area contributed by atoms with Crippen molar-refractivity contribution in [2.75, 3.05) is 19.8 Å². The molecule has 126 valence electrons. The second-order valence-corrected chi connectivity index (χ2v) is 7.14. The zero-order chi connectivity index (χ0) is 17.2. The monoisotopic (exact) mass is 348 g/mol. The molecule has 1 aromatic heterocycles. The van der Waals surface area contributed by atoms with Crippen molar-refractivity contribution >= 4 is 16.0 Å². The number of pyridine rings is 1. The summed E-state index contributed by atoms with van der Waals surface area (Å²) < 4.78 is 32.7. The molecule has 1 unspecified atom stereocenters. The van der Waals surface area contributed by atoms with Gasteiger partial charge in [-0.15, -0.1) is 0 Å². The summed E-state index contributed by atoms with van der Waals surface area (Å²) in [6.07, 6.45) is 1.19. The normalized spacial score (nSPS) is 19.1. The zero-order valence-electron chi connectivity index (χ0n) is 12.7. The van der Waals surface area contributed by atoms with E-state index in [1.54, 1.807) is 0 Å². The number of hydrogen-bond donors (Lipinski definition) is 1. The number of morpholine rings is 1. The third kappa shape index (κ3) is 3.16. The minimum absolute atomic E-state index is 0.118. The van der Waals surface area contributed by atoms with Crippen molar-refractivity contribution < 1.29 is 23.1 Å². The lowest BCUT2D eigenvalue weighted by Gasteiger charge is -2.34. The number of aromatic carboxylic acids is 1. The Kier molecular flexibility index (Phi) is 4.61. The van der Waals surface area contributed by atoms with E-state index < -0.39 is 22.0 Å². The van der Waals surface area contributed by atoms with Gasteiger partial charge in [0, 0.05) is 12.7 Å². The Morgan fingerprint density at radius 1 is 1.25 bits per heavy atom. The van der Waals surface area contributed by atoms with Gasteiger partial charge >= 0.3 is 5.97 Å². The Labute approximate surface area is 139 Å². The molecule has 1 N–H and O–H groups in total. The van der Waals surface area contributed by atoms with Crippen LogP contribution in [0.4, 0.5) is 0 Å². The fourth-order valence-electron chi connectivity index (χ4n) is 2.62. The standard InChI is InChI=1S/C16H16N2O5S/c19-16(20)13-6-7-17-15(10-13)24(21,22)18-8-9-23-11-14(18)12-4-2-1-3-5-12/h1-7,10,14H,8-9,11H2,(H,19,20). The lowest BCUT2D eigenvalue weighted by Crippen LogP contribution is -2.43. The Morgan fingerprint density at radius 3 is 2.71 bits per heavy atom. The van der Waals surface area contributed by atoms with Gasteiger partial charge in [-0.1, -0.05) is 30.3 Å².